The second kappa shape index (κ2) is 3.76. The lowest BCUT2D eigenvalue weighted by Crippen LogP contribution is -1.98. The lowest BCUT2D eigenvalue weighted by atomic mass is 10.0. The van der Waals surface area contributed by atoms with Crippen LogP contribution in [0.4, 0.5) is 0 Å². The Morgan fingerprint density at radius 3 is 3.00 bits per heavy atom. The summed E-state index contributed by atoms with van der Waals surface area (Å²) in [7, 11) is 3.39. The maximum atomic E-state index is 10.6. The molecule has 1 saturated heterocycles. The lowest BCUT2D eigenvalue weighted by Gasteiger charge is -2.01. The van der Waals surface area contributed by atoms with E-state index in [-0.39, 0.29) is 5.97 Å². The van der Waals surface area contributed by atoms with Crippen molar-refractivity contribution in [3.8, 4) is 0 Å². The highest BCUT2D eigenvalue weighted by molar-refractivity contribution is 6.08. The van der Waals surface area contributed by atoms with Crippen molar-refractivity contribution in [3.05, 3.63) is 0 Å². The Hall–Kier alpha value is -0.313. The molecule has 55 valence electrons. The van der Waals surface area contributed by atoms with Gasteiger partial charge in [0.1, 0.15) is 0 Å². The second-order valence-corrected chi connectivity index (χ2v) is 3.15. The molecular weight excluding hydrogens is 144 g/mol. The van der Waals surface area contributed by atoms with E-state index in [4.69, 9.17) is 4.74 Å². The fourth-order valence-corrected chi connectivity index (χ4v) is 1.34. The smallest absolute Gasteiger partial charge is 0.306 e. The summed E-state index contributed by atoms with van der Waals surface area (Å²) in [5.74, 6) is 0.461. The molecule has 1 atom stereocenters. The number of cyclic esters (lactones) is 1. The average Bonchev–Trinajstić information content (AvgIpc) is 2.31. The van der Waals surface area contributed by atoms with Crippen LogP contribution in [0.1, 0.15) is 19.3 Å². The highest BCUT2D eigenvalue weighted by Crippen LogP contribution is 2.19. The third kappa shape index (κ3) is 2.14. The van der Waals surface area contributed by atoms with Crippen molar-refractivity contribution in [1.82, 2.24) is 0 Å². The molecule has 10 heavy (non-hydrogen) atoms. The number of hydrogen-bond donors (Lipinski definition) is 0. The monoisotopic (exact) mass is 155 g/mol. The van der Waals surface area contributed by atoms with Crippen LogP contribution in [0.3, 0.4) is 0 Å². The fourth-order valence-electron chi connectivity index (χ4n) is 1.14. The van der Waals surface area contributed by atoms with Gasteiger partial charge >= 0.3 is 5.97 Å². The molecule has 0 spiro atoms. The first kappa shape index (κ1) is 7.79. The van der Waals surface area contributed by atoms with Crippen LogP contribution < -0.4 is 0 Å². The summed E-state index contributed by atoms with van der Waals surface area (Å²) >= 11 is 0. The Labute approximate surface area is 64.4 Å². The van der Waals surface area contributed by atoms with Gasteiger partial charge in [-0.2, -0.15) is 0 Å². The third-order valence-electron chi connectivity index (χ3n) is 1.72. The minimum atomic E-state index is -0.0287. The Balaban J connectivity index is 2.12. The summed E-state index contributed by atoms with van der Waals surface area (Å²) in [6, 6.07) is 1.02. The molecule has 0 N–H and O–H groups in total. The van der Waals surface area contributed by atoms with Gasteiger partial charge in [-0.1, -0.05) is 12.5 Å². The Bertz CT molecular complexity index is 125. The van der Waals surface area contributed by atoms with Crippen molar-refractivity contribution in [1.29, 1.82) is 0 Å². The number of carbonyl (C=O) groups is 1. The molecule has 1 rings (SSSR count). The molecule has 0 bridgehead atoms. The highest BCUT2D eigenvalue weighted by atomic mass is 28.1. The molecule has 2 nitrogen and oxygen atoms in total. The summed E-state index contributed by atoms with van der Waals surface area (Å²) in [4.78, 5) is 10.6. The summed E-state index contributed by atoms with van der Waals surface area (Å²) in [5.41, 5.74) is 0. The molecule has 1 aliphatic rings. The summed E-state index contributed by atoms with van der Waals surface area (Å²) < 4.78 is 4.81. The normalized spacial score (nSPS) is 24.9. The van der Waals surface area contributed by atoms with Gasteiger partial charge in [0.15, 0.2) is 0 Å². The minimum absolute atomic E-state index is 0.0287. The van der Waals surface area contributed by atoms with Crippen LogP contribution in [0, 0.1) is 5.92 Å². The molecular formula is C7H11O2Si. The molecule has 0 saturated carbocycles. The van der Waals surface area contributed by atoms with Crippen molar-refractivity contribution in [2.75, 3.05) is 6.61 Å². The van der Waals surface area contributed by atoms with Gasteiger partial charge < -0.3 is 4.74 Å². The van der Waals surface area contributed by atoms with Crippen molar-refractivity contribution < 1.29 is 9.53 Å². The number of esters is 1. The van der Waals surface area contributed by atoms with E-state index in [1.54, 1.807) is 0 Å². The largest absolute Gasteiger partial charge is 0.465 e. The van der Waals surface area contributed by atoms with E-state index < -0.39 is 0 Å². The van der Waals surface area contributed by atoms with Crippen LogP contribution in [0.5, 0.6) is 0 Å². The number of rotatable bonds is 3. The molecule has 0 aromatic rings. The Morgan fingerprint density at radius 1 is 1.70 bits per heavy atom. The predicted molar refractivity (Wildman–Crippen MR) is 38.9 cm³/mol. The van der Waals surface area contributed by atoms with Gasteiger partial charge in [-0.3, -0.25) is 4.79 Å². The average molecular weight is 155 g/mol. The van der Waals surface area contributed by atoms with Crippen molar-refractivity contribution >= 4 is 16.2 Å². The number of ether oxygens (including phenoxy) is 1. The molecule has 0 aliphatic carbocycles. The first-order valence-corrected chi connectivity index (χ1v) is 4.34. The van der Waals surface area contributed by atoms with Gasteiger partial charge in [0.25, 0.3) is 0 Å². The zero-order valence-electron chi connectivity index (χ0n) is 5.93. The molecule has 0 aromatic carbocycles. The van der Waals surface area contributed by atoms with Crippen LogP contribution in [0.15, 0.2) is 0 Å². The van der Waals surface area contributed by atoms with Crippen molar-refractivity contribution in [2.45, 2.75) is 25.3 Å². The van der Waals surface area contributed by atoms with Crippen molar-refractivity contribution in [3.63, 3.8) is 0 Å². The SMILES string of the molecule is O=C1CC(CCC[Si])CO1. The second-order valence-electron chi connectivity index (χ2n) is 2.65. The number of carbonyl (C=O) groups excluding carboxylic acids is 1. The number of hydrogen-bond acceptors (Lipinski definition) is 2. The molecule has 1 fully saturated rings. The first-order chi connectivity index (χ1) is 4.83. The van der Waals surface area contributed by atoms with Crippen LogP contribution in [0.25, 0.3) is 0 Å². The fraction of sp³-hybridized carbons (Fsp3) is 0.857. The Kier molecular flexibility index (Phi) is 2.93. The maximum absolute atomic E-state index is 10.6. The van der Waals surface area contributed by atoms with Crippen LogP contribution in [0.2, 0.25) is 6.04 Å². The zero-order chi connectivity index (χ0) is 7.40. The molecule has 0 amide bonds. The zero-order valence-corrected chi connectivity index (χ0v) is 6.93. The first-order valence-electron chi connectivity index (χ1n) is 3.63. The third-order valence-corrected chi connectivity index (χ3v) is 2.08. The standard InChI is InChI=1S/C7H11O2Si/c8-7-4-6(5-9-7)2-1-3-10/h6H,1-5H2. The van der Waals surface area contributed by atoms with Crippen molar-refractivity contribution in [2.24, 2.45) is 5.92 Å². The Morgan fingerprint density at radius 2 is 2.50 bits per heavy atom. The van der Waals surface area contributed by atoms with Gasteiger partial charge in [-0.05, 0) is 6.42 Å². The van der Waals surface area contributed by atoms with E-state index in [0.29, 0.717) is 18.9 Å². The van der Waals surface area contributed by atoms with Crippen LogP contribution in [-0.4, -0.2) is 22.8 Å². The van der Waals surface area contributed by atoms with Gasteiger partial charge in [-0.15, -0.1) is 0 Å². The maximum Gasteiger partial charge on any atom is 0.306 e. The molecule has 3 radical (unpaired) electrons. The minimum Gasteiger partial charge on any atom is -0.465 e. The van der Waals surface area contributed by atoms with Gasteiger partial charge in [0.2, 0.25) is 0 Å². The van der Waals surface area contributed by atoms with Gasteiger partial charge in [-0.25, -0.2) is 0 Å². The molecule has 0 aromatic heterocycles. The van der Waals surface area contributed by atoms with E-state index in [2.05, 4.69) is 10.2 Å². The summed E-state index contributed by atoms with van der Waals surface area (Å²) in [6.45, 7) is 0.644. The quantitative estimate of drug-likeness (QED) is 0.447. The van der Waals surface area contributed by atoms with E-state index in [1.807, 2.05) is 0 Å². The van der Waals surface area contributed by atoms with E-state index >= 15 is 0 Å². The van der Waals surface area contributed by atoms with E-state index in [0.717, 1.165) is 18.9 Å². The highest BCUT2D eigenvalue weighted by Gasteiger charge is 2.22. The predicted octanol–water partition coefficient (Wildman–Crippen LogP) is 0.916. The molecule has 1 aliphatic heterocycles. The van der Waals surface area contributed by atoms with E-state index in [9.17, 15) is 4.79 Å². The van der Waals surface area contributed by atoms with E-state index in [1.165, 1.54) is 0 Å². The molecule has 1 unspecified atom stereocenters. The summed E-state index contributed by atoms with van der Waals surface area (Å²) in [5, 5.41) is 0. The van der Waals surface area contributed by atoms with Crippen LogP contribution in [-0.2, 0) is 9.53 Å². The van der Waals surface area contributed by atoms with Gasteiger partial charge in [0.05, 0.1) is 13.0 Å². The lowest BCUT2D eigenvalue weighted by molar-refractivity contribution is -0.137. The van der Waals surface area contributed by atoms with Gasteiger partial charge in [0, 0.05) is 16.2 Å². The summed E-state index contributed by atoms with van der Waals surface area (Å²) in [6.07, 6.45) is 2.87. The topological polar surface area (TPSA) is 26.3 Å². The van der Waals surface area contributed by atoms with Crippen LogP contribution >= 0.6 is 0 Å². The molecule has 1 heterocycles. The molecule has 3 heteroatoms.